The maximum absolute atomic E-state index is 13.1. The second-order valence-corrected chi connectivity index (χ2v) is 19.0. The number of hydrogen-bond acceptors (Lipinski definition) is 6. The van der Waals surface area contributed by atoms with Gasteiger partial charge in [0.15, 0.2) is 19.8 Å². The lowest BCUT2D eigenvalue weighted by Crippen LogP contribution is -2.40. The van der Waals surface area contributed by atoms with Crippen LogP contribution in [0.3, 0.4) is 0 Å². The van der Waals surface area contributed by atoms with Crippen LogP contribution in [0.15, 0.2) is 107 Å². The number of alkyl halides is 1. The number of halogens is 1. The fourth-order valence-corrected chi connectivity index (χ4v) is 7.67. The molecule has 0 amide bonds. The molecule has 3 aromatic carbocycles. The summed E-state index contributed by atoms with van der Waals surface area (Å²) in [6.45, 7) is 12.8. The molecule has 0 N–H and O–H groups in total. The van der Waals surface area contributed by atoms with Crippen molar-refractivity contribution in [3.05, 3.63) is 131 Å². The maximum atomic E-state index is 13.1. The predicted molar refractivity (Wildman–Crippen MR) is 199 cm³/mol. The number of ether oxygens (including phenoxy) is 1. The van der Waals surface area contributed by atoms with Crippen LogP contribution >= 0.6 is 22.6 Å². The summed E-state index contributed by atoms with van der Waals surface area (Å²) in [5.74, 6) is 6.40. The van der Waals surface area contributed by atoms with Gasteiger partial charge in [0, 0.05) is 16.0 Å². The zero-order chi connectivity index (χ0) is 33.8. The lowest BCUT2D eigenvalue weighted by Gasteiger charge is -2.38. The number of hydrogen-bond donors (Lipinski definition) is 0. The van der Waals surface area contributed by atoms with E-state index in [9.17, 15) is 4.79 Å². The first-order valence-corrected chi connectivity index (χ1v) is 20.3. The Morgan fingerprint density at radius 3 is 1.89 bits per heavy atom. The maximum Gasteiger partial charge on any atom is 0.270 e. The van der Waals surface area contributed by atoms with Gasteiger partial charge in [-0.25, -0.2) is 4.98 Å². The number of rotatable bonds is 11. The summed E-state index contributed by atoms with van der Waals surface area (Å²) in [5.41, 5.74) is 3.47. The van der Waals surface area contributed by atoms with Crippen molar-refractivity contribution >= 4 is 42.3 Å². The van der Waals surface area contributed by atoms with Crippen LogP contribution < -0.4 is 0 Å². The smallest absolute Gasteiger partial charge is 0.270 e. The van der Waals surface area contributed by atoms with Gasteiger partial charge in [-0.15, -0.1) is 0 Å². The van der Waals surface area contributed by atoms with Gasteiger partial charge >= 0.3 is 0 Å². The zero-order valence-electron chi connectivity index (χ0n) is 28.2. The Hall–Kier alpha value is -3.49. The number of ketones is 1. The third kappa shape index (κ3) is 6.90. The molecule has 2 heterocycles. The van der Waals surface area contributed by atoms with Crippen molar-refractivity contribution in [2.24, 2.45) is 0 Å². The number of aromatic nitrogens is 1. The van der Waals surface area contributed by atoms with Crippen LogP contribution in [0.2, 0.25) is 18.1 Å². The molecule has 1 fully saturated rings. The first-order chi connectivity index (χ1) is 22.5. The molecule has 0 bridgehead atoms. The third-order valence-electron chi connectivity index (χ3n) is 9.46. The van der Waals surface area contributed by atoms with Crippen LogP contribution in [0.5, 0.6) is 0 Å². The molecule has 3 atom stereocenters. The fourth-order valence-electron chi connectivity index (χ4n) is 5.90. The summed E-state index contributed by atoms with van der Waals surface area (Å²) in [7, 11) is -0.491. The Morgan fingerprint density at radius 2 is 1.45 bits per heavy atom. The average Bonchev–Trinajstić information content (AvgIpc) is 3.58. The van der Waals surface area contributed by atoms with E-state index in [1.807, 2.05) is 0 Å². The van der Waals surface area contributed by atoms with Crippen molar-refractivity contribution in [1.29, 1.82) is 0 Å². The lowest BCUT2D eigenvalue weighted by molar-refractivity contribution is -0.113. The van der Waals surface area contributed by atoms with Gasteiger partial charge in [-0.2, -0.15) is 0 Å². The van der Waals surface area contributed by atoms with Crippen molar-refractivity contribution in [2.45, 2.75) is 63.4 Å². The number of methoxy groups -OCH3 is 1. The highest BCUT2D eigenvalue weighted by Crippen LogP contribution is 2.58. The first-order valence-electron chi connectivity index (χ1n) is 15.9. The van der Waals surface area contributed by atoms with Gasteiger partial charge in [0.1, 0.15) is 6.04 Å². The van der Waals surface area contributed by atoms with Crippen molar-refractivity contribution in [3.8, 4) is 11.8 Å². The molecule has 0 spiro atoms. The van der Waals surface area contributed by atoms with Crippen molar-refractivity contribution in [1.82, 2.24) is 9.88 Å². The summed E-state index contributed by atoms with van der Waals surface area (Å²) in [6, 6.07) is 32.0. The Morgan fingerprint density at radius 1 is 0.936 bits per heavy atom. The summed E-state index contributed by atoms with van der Waals surface area (Å²) in [5, 5.41) is 0.0628. The van der Waals surface area contributed by atoms with E-state index in [0.717, 1.165) is 4.43 Å². The van der Waals surface area contributed by atoms with Crippen molar-refractivity contribution in [3.63, 3.8) is 0 Å². The van der Waals surface area contributed by atoms with E-state index in [0.29, 0.717) is 17.2 Å². The highest BCUT2D eigenvalue weighted by Gasteiger charge is 2.62. The van der Waals surface area contributed by atoms with E-state index >= 15 is 0 Å². The first kappa shape index (κ1) is 34.8. The third-order valence-corrected chi connectivity index (χ3v) is 14.8. The Balaban J connectivity index is 1.49. The summed E-state index contributed by atoms with van der Waals surface area (Å²) < 4.78 is 19.0. The Kier molecular flexibility index (Phi) is 10.6. The Bertz CT molecular complexity index is 1670. The monoisotopic (exact) mass is 758 g/mol. The summed E-state index contributed by atoms with van der Waals surface area (Å²) >= 11 is 2.46. The van der Waals surface area contributed by atoms with Gasteiger partial charge in [-0.1, -0.05) is 140 Å². The van der Waals surface area contributed by atoms with Crippen molar-refractivity contribution in [2.75, 3.05) is 18.1 Å². The van der Waals surface area contributed by atoms with E-state index in [-0.39, 0.29) is 29.5 Å². The molecule has 244 valence electrons. The fraction of sp³-hybridized carbons (Fsp3) is 0.333. The second kappa shape index (κ2) is 14.3. The second-order valence-electron chi connectivity index (χ2n) is 13.3. The largest absolute Gasteiger partial charge is 0.492 e. The molecule has 5 rings (SSSR count). The van der Waals surface area contributed by atoms with E-state index in [1.165, 1.54) is 23.8 Å². The minimum absolute atomic E-state index is 0.0628. The van der Waals surface area contributed by atoms with Gasteiger partial charge in [0.05, 0.1) is 25.5 Å². The van der Waals surface area contributed by atoms with Gasteiger partial charge in [0.2, 0.25) is 5.89 Å². The predicted octanol–water partition coefficient (Wildman–Crippen LogP) is 8.80. The molecule has 1 aliphatic heterocycles. The van der Waals surface area contributed by atoms with Crippen LogP contribution in [0.4, 0.5) is 0 Å². The van der Waals surface area contributed by atoms with Crippen LogP contribution in [0.25, 0.3) is 5.57 Å². The van der Waals surface area contributed by atoms with Gasteiger partial charge in [0.25, 0.3) is 5.78 Å². The highest BCUT2D eigenvalue weighted by molar-refractivity contribution is 14.1. The highest BCUT2D eigenvalue weighted by atomic mass is 127. The van der Waals surface area contributed by atoms with E-state index in [2.05, 4.69) is 164 Å². The molecule has 0 radical (unpaired) electrons. The average molecular weight is 759 g/mol. The van der Waals surface area contributed by atoms with Crippen LogP contribution in [-0.4, -0.2) is 48.2 Å². The number of Topliss-reactive ketones (excluding diaryl/α,β-unsaturated/α-hetero) is 1. The van der Waals surface area contributed by atoms with Gasteiger partial charge in [-0.05, 0) is 47.7 Å². The molecule has 1 saturated heterocycles. The number of carbonyl (C=O) groups is 1. The minimum atomic E-state index is -1.97. The molecule has 0 saturated carbocycles. The molecule has 6 nitrogen and oxygen atoms in total. The van der Waals surface area contributed by atoms with Crippen molar-refractivity contribution < 1.29 is 18.4 Å². The van der Waals surface area contributed by atoms with E-state index in [1.54, 1.807) is 13.1 Å². The number of oxazole rings is 1. The number of benzene rings is 3. The lowest BCUT2D eigenvalue weighted by atomic mass is 9.76. The van der Waals surface area contributed by atoms with Crippen LogP contribution in [0.1, 0.15) is 62.1 Å². The van der Waals surface area contributed by atoms with Gasteiger partial charge in [-0.3, -0.25) is 9.69 Å². The summed E-state index contributed by atoms with van der Waals surface area (Å²) in [4.78, 5) is 20.4. The Labute approximate surface area is 293 Å². The topological polar surface area (TPSA) is 64.6 Å². The molecule has 0 aliphatic carbocycles. The molecule has 1 unspecified atom stereocenters. The molecule has 1 aliphatic rings. The van der Waals surface area contributed by atoms with Gasteiger partial charge < -0.3 is 13.6 Å². The molecule has 4 aromatic rings. The molecule has 1 aromatic heterocycles. The number of carbonyl (C=O) groups excluding carboxylic acids is 1. The number of allylic oxidation sites excluding steroid dienone is 2. The normalized spacial score (nSPS) is 18.5. The van der Waals surface area contributed by atoms with Crippen LogP contribution in [0, 0.1) is 11.8 Å². The SMILES string of the molecule is CO/C(C(=O)C#CCO[Si](C)(C)C(C)(C)C)=C(/C)c1cnc([C@@H]2[C@H](CI)N2C(c2ccccc2)(c2ccccc2)c2ccccc2)o1. The molecular weight excluding hydrogens is 715 g/mol. The number of nitrogens with zero attached hydrogens (tertiary/aromatic N) is 2. The van der Waals surface area contributed by atoms with Crippen LogP contribution in [-0.2, 0) is 19.5 Å². The molecule has 47 heavy (non-hydrogen) atoms. The van der Waals surface area contributed by atoms with E-state index in [4.69, 9.17) is 18.6 Å². The zero-order valence-corrected chi connectivity index (χ0v) is 31.4. The quantitative estimate of drug-likeness (QED) is 0.0176. The molecule has 8 heteroatoms. The minimum Gasteiger partial charge on any atom is -0.492 e. The molecular formula is C39H43IN2O4Si. The van der Waals surface area contributed by atoms with E-state index < -0.39 is 19.6 Å². The standard InChI is InChI=1S/C39H43IN2O4Si/c1-28(36(44-5)33(43)24-17-25-45-47(6,7)38(2,3)4)34-27-41-37(46-34)35-32(26-40)42(35)39(29-18-11-8-12-19-29,30-20-13-9-14-21-30)31-22-15-10-16-23-31/h8-16,18-23,27,32,35H,25-26H2,1-7H3/b36-28-/t32-,35-,42?/m0/s1. The summed E-state index contributed by atoms with van der Waals surface area (Å²) in [6.07, 6.45) is 1.68.